The van der Waals surface area contributed by atoms with Gasteiger partial charge in [-0.2, -0.15) is 0 Å². The average Bonchev–Trinajstić information content (AvgIpc) is 2.43. The predicted octanol–water partition coefficient (Wildman–Crippen LogP) is 2.68. The molecule has 0 unspecified atom stereocenters. The molecule has 0 amide bonds. The minimum Gasteiger partial charge on any atom is -0.432 e. The molecule has 1 heterocycles. The second kappa shape index (κ2) is 2.83. The van der Waals surface area contributed by atoms with Crippen LogP contribution in [-0.2, 0) is 6.42 Å². The van der Waals surface area contributed by atoms with Crippen LogP contribution in [0.15, 0.2) is 27.8 Å². The number of oxazole rings is 1. The van der Waals surface area contributed by atoms with Crippen molar-refractivity contribution in [3.63, 3.8) is 0 Å². The summed E-state index contributed by atoms with van der Waals surface area (Å²) in [6, 6.07) is 6.01. The number of hydrogen-bond acceptors (Lipinski definition) is 3. The van der Waals surface area contributed by atoms with E-state index in [1.54, 1.807) is 0 Å². The summed E-state index contributed by atoms with van der Waals surface area (Å²) in [5.74, 6) is 0. The highest BCUT2D eigenvalue weighted by atomic mass is 32.1. The largest absolute Gasteiger partial charge is 0.432 e. The number of rotatable bonds is 1. The number of aromatic nitrogens is 1. The maximum absolute atomic E-state index is 5.26. The van der Waals surface area contributed by atoms with E-state index in [0.29, 0.717) is 5.22 Å². The molecule has 0 aliphatic rings. The lowest BCUT2D eigenvalue weighted by molar-refractivity contribution is 0.491. The molecule has 0 saturated carbocycles. The first-order chi connectivity index (χ1) is 5.79. The van der Waals surface area contributed by atoms with E-state index >= 15 is 0 Å². The maximum atomic E-state index is 5.26. The van der Waals surface area contributed by atoms with Gasteiger partial charge in [-0.05, 0) is 24.1 Å². The van der Waals surface area contributed by atoms with Gasteiger partial charge in [-0.3, -0.25) is 0 Å². The summed E-state index contributed by atoms with van der Waals surface area (Å²) in [5, 5.41) is 0.429. The molecular formula is C9H9NOS. The Hall–Kier alpha value is -0.960. The molecule has 0 saturated heterocycles. The van der Waals surface area contributed by atoms with Gasteiger partial charge in [-0.15, -0.1) is 0 Å². The fourth-order valence-corrected chi connectivity index (χ4v) is 1.38. The quantitative estimate of drug-likeness (QED) is 0.681. The van der Waals surface area contributed by atoms with Crippen LogP contribution in [-0.4, -0.2) is 4.98 Å². The van der Waals surface area contributed by atoms with Crippen LogP contribution in [0.25, 0.3) is 11.1 Å². The van der Waals surface area contributed by atoms with Crippen molar-refractivity contribution < 1.29 is 4.42 Å². The van der Waals surface area contributed by atoms with Crippen molar-refractivity contribution >= 4 is 23.7 Å². The van der Waals surface area contributed by atoms with Gasteiger partial charge in [0.15, 0.2) is 5.58 Å². The van der Waals surface area contributed by atoms with Gasteiger partial charge in [0.25, 0.3) is 5.22 Å². The minimum atomic E-state index is 0.429. The van der Waals surface area contributed by atoms with E-state index in [4.69, 9.17) is 4.42 Å². The number of fused-ring (bicyclic) bond motifs is 1. The Morgan fingerprint density at radius 2 is 2.33 bits per heavy atom. The van der Waals surface area contributed by atoms with Crippen LogP contribution < -0.4 is 0 Å². The Labute approximate surface area is 76.0 Å². The molecule has 2 rings (SSSR count). The Balaban J connectivity index is 2.66. The second-order valence-corrected chi connectivity index (χ2v) is 3.03. The first kappa shape index (κ1) is 7.68. The van der Waals surface area contributed by atoms with E-state index in [0.717, 1.165) is 17.5 Å². The van der Waals surface area contributed by atoms with Crippen molar-refractivity contribution in [3.8, 4) is 0 Å². The first-order valence-electron chi connectivity index (χ1n) is 3.88. The monoisotopic (exact) mass is 179 g/mol. The number of benzene rings is 1. The summed E-state index contributed by atoms with van der Waals surface area (Å²) in [6.45, 7) is 2.11. The van der Waals surface area contributed by atoms with Crippen molar-refractivity contribution in [3.05, 3.63) is 23.8 Å². The molecule has 0 aliphatic heterocycles. The molecule has 0 aliphatic carbocycles. The predicted molar refractivity (Wildman–Crippen MR) is 50.6 cm³/mol. The van der Waals surface area contributed by atoms with E-state index < -0.39 is 0 Å². The Bertz CT molecular complexity index is 408. The molecule has 1 aromatic heterocycles. The third kappa shape index (κ3) is 1.20. The SMILES string of the molecule is CCc1ccc2nc(S)oc2c1. The summed E-state index contributed by atoms with van der Waals surface area (Å²) in [6.07, 6.45) is 1.01. The smallest absolute Gasteiger partial charge is 0.253 e. The van der Waals surface area contributed by atoms with E-state index in [9.17, 15) is 0 Å². The van der Waals surface area contributed by atoms with Gasteiger partial charge in [0.1, 0.15) is 5.52 Å². The van der Waals surface area contributed by atoms with Crippen LogP contribution in [0.2, 0.25) is 0 Å². The molecule has 2 aromatic rings. The van der Waals surface area contributed by atoms with Crippen molar-refractivity contribution in [2.24, 2.45) is 0 Å². The van der Waals surface area contributed by atoms with Crippen LogP contribution in [0.1, 0.15) is 12.5 Å². The summed E-state index contributed by atoms with van der Waals surface area (Å²) < 4.78 is 5.26. The molecule has 62 valence electrons. The zero-order valence-corrected chi connectivity index (χ0v) is 7.64. The summed E-state index contributed by atoms with van der Waals surface area (Å²) in [7, 11) is 0. The van der Waals surface area contributed by atoms with Crippen LogP contribution in [0, 0.1) is 0 Å². The summed E-state index contributed by atoms with van der Waals surface area (Å²) >= 11 is 4.03. The lowest BCUT2D eigenvalue weighted by atomic mass is 10.2. The lowest BCUT2D eigenvalue weighted by Crippen LogP contribution is -1.77. The van der Waals surface area contributed by atoms with Gasteiger partial charge >= 0.3 is 0 Å². The number of nitrogens with zero attached hydrogens (tertiary/aromatic N) is 1. The molecule has 0 bridgehead atoms. The van der Waals surface area contributed by atoms with Gasteiger partial charge in [-0.25, -0.2) is 4.98 Å². The van der Waals surface area contributed by atoms with Crippen molar-refractivity contribution in [1.82, 2.24) is 4.98 Å². The summed E-state index contributed by atoms with van der Waals surface area (Å²) in [4.78, 5) is 4.09. The van der Waals surface area contributed by atoms with E-state index in [1.165, 1.54) is 5.56 Å². The summed E-state index contributed by atoms with van der Waals surface area (Å²) in [5.41, 5.74) is 2.95. The van der Waals surface area contributed by atoms with Crippen molar-refractivity contribution in [1.29, 1.82) is 0 Å². The van der Waals surface area contributed by atoms with E-state index in [1.807, 2.05) is 12.1 Å². The second-order valence-electron chi connectivity index (χ2n) is 2.65. The van der Waals surface area contributed by atoms with Gasteiger partial charge in [0.05, 0.1) is 0 Å². The average molecular weight is 179 g/mol. The van der Waals surface area contributed by atoms with E-state index in [2.05, 4.69) is 30.6 Å². The highest BCUT2D eigenvalue weighted by Crippen LogP contribution is 2.19. The normalized spacial score (nSPS) is 10.8. The highest BCUT2D eigenvalue weighted by Gasteiger charge is 2.01. The molecule has 1 aromatic carbocycles. The molecule has 3 heteroatoms. The Morgan fingerprint density at radius 3 is 3.08 bits per heavy atom. The first-order valence-corrected chi connectivity index (χ1v) is 4.32. The van der Waals surface area contributed by atoms with Crippen LogP contribution in [0.3, 0.4) is 0 Å². The number of aryl methyl sites for hydroxylation is 1. The number of thiol groups is 1. The molecule has 0 N–H and O–H groups in total. The number of hydrogen-bond donors (Lipinski definition) is 1. The topological polar surface area (TPSA) is 26.0 Å². The van der Waals surface area contributed by atoms with Gasteiger partial charge in [0, 0.05) is 0 Å². The zero-order valence-electron chi connectivity index (χ0n) is 6.74. The molecular weight excluding hydrogens is 170 g/mol. The van der Waals surface area contributed by atoms with Gasteiger partial charge in [-0.1, -0.05) is 25.6 Å². The third-order valence-corrected chi connectivity index (χ3v) is 2.04. The van der Waals surface area contributed by atoms with Crippen molar-refractivity contribution in [2.75, 3.05) is 0 Å². The molecule has 0 atom stereocenters. The van der Waals surface area contributed by atoms with Crippen LogP contribution >= 0.6 is 12.6 Å². The van der Waals surface area contributed by atoms with Gasteiger partial charge in [0.2, 0.25) is 0 Å². The standard InChI is InChI=1S/C9H9NOS/c1-2-6-3-4-7-8(5-6)11-9(12)10-7/h3-5H,2H2,1H3,(H,10,12). The third-order valence-electron chi connectivity index (χ3n) is 1.85. The Morgan fingerprint density at radius 1 is 1.50 bits per heavy atom. The highest BCUT2D eigenvalue weighted by molar-refractivity contribution is 7.80. The minimum absolute atomic E-state index is 0.429. The van der Waals surface area contributed by atoms with Crippen LogP contribution in [0.4, 0.5) is 0 Å². The zero-order chi connectivity index (χ0) is 8.55. The molecule has 0 fully saturated rings. The van der Waals surface area contributed by atoms with Crippen LogP contribution in [0.5, 0.6) is 0 Å². The molecule has 12 heavy (non-hydrogen) atoms. The lowest BCUT2D eigenvalue weighted by Gasteiger charge is -1.92. The maximum Gasteiger partial charge on any atom is 0.253 e. The molecule has 0 spiro atoms. The van der Waals surface area contributed by atoms with E-state index in [-0.39, 0.29) is 0 Å². The Kier molecular flexibility index (Phi) is 1.81. The fourth-order valence-electron chi connectivity index (χ4n) is 1.18. The molecule has 2 nitrogen and oxygen atoms in total. The molecule has 0 radical (unpaired) electrons. The van der Waals surface area contributed by atoms with Crippen molar-refractivity contribution in [2.45, 2.75) is 18.6 Å². The van der Waals surface area contributed by atoms with Gasteiger partial charge < -0.3 is 4.42 Å². The fraction of sp³-hybridized carbons (Fsp3) is 0.222.